The van der Waals surface area contributed by atoms with E-state index in [1.54, 1.807) is 24.3 Å². The molecule has 3 aromatic carbocycles. The second-order valence-electron chi connectivity index (χ2n) is 7.46. The van der Waals surface area contributed by atoms with Gasteiger partial charge in [0.2, 0.25) is 0 Å². The summed E-state index contributed by atoms with van der Waals surface area (Å²) >= 11 is 0. The van der Waals surface area contributed by atoms with Gasteiger partial charge in [-0.3, -0.25) is 4.79 Å². The fraction of sp³-hybridized carbons (Fsp3) is 0.115. The zero-order chi connectivity index (χ0) is 21.1. The lowest BCUT2D eigenvalue weighted by Gasteiger charge is -2.15. The highest BCUT2D eigenvalue weighted by Crippen LogP contribution is 2.26. The minimum Gasteiger partial charge on any atom is -0.457 e. The normalized spacial score (nSPS) is 10.7. The molecule has 0 unspecified atom stereocenters. The molecule has 0 atom stereocenters. The van der Waals surface area contributed by atoms with Crippen LogP contribution in [-0.4, -0.2) is 4.57 Å². The molecule has 1 aromatic heterocycles. The monoisotopic (exact) mass is 396 g/mol. The van der Waals surface area contributed by atoms with Crippen molar-refractivity contribution in [1.82, 2.24) is 4.57 Å². The molecule has 4 nitrogen and oxygen atoms in total. The van der Waals surface area contributed by atoms with Crippen molar-refractivity contribution in [3.05, 3.63) is 112 Å². The Morgan fingerprint density at radius 3 is 2.17 bits per heavy atom. The maximum absolute atomic E-state index is 12.7. The van der Waals surface area contributed by atoms with Crippen molar-refractivity contribution >= 4 is 5.69 Å². The van der Waals surface area contributed by atoms with Crippen molar-refractivity contribution in [3.8, 4) is 22.8 Å². The van der Waals surface area contributed by atoms with Crippen LogP contribution in [-0.2, 0) is 6.54 Å². The number of benzene rings is 3. The number of hydrogen-bond donors (Lipinski definition) is 1. The van der Waals surface area contributed by atoms with Crippen molar-refractivity contribution in [3.63, 3.8) is 0 Å². The summed E-state index contributed by atoms with van der Waals surface area (Å²) in [4.78, 5) is 12.7. The van der Waals surface area contributed by atoms with E-state index in [1.165, 1.54) is 11.1 Å². The lowest BCUT2D eigenvalue weighted by atomic mass is 10.0. The summed E-state index contributed by atoms with van der Waals surface area (Å²) in [6.45, 7) is 4.69. The van der Waals surface area contributed by atoms with Gasteiger partial charge >= 0.3 is 0 Å². The van der Waals surface area contributed by atoms with E-state index < -0.39 is 0 Å². The Morgan fingerprint density at radius 1 is 0.833 bits per heavy atom. The third-order valence-corrected chi connectivity index (χ3v) is 5.14. The number of nitrogens with two attached hydrogens (primary N) is 1. The highest BCUT2D eigenvalue weighted by atomic mass is 16.5. The van der Waals surface area contributed by atoms with Crippen LogP contribution >= 0.6 is 0 Å². The minimum atomic E-state index is -0.0188. The van der Waals surface area contributed by atoms with Crippen LogP contribution in [0, 0.1) is 13.8 Å². The molecule has 0 radical (unpaired) electrons. The van der Waals surface area contributed by atoms with Gasteiger partial charge in [-0.1, -0.05) is 29.8 Å². The van der Waals surface area contributed by atoms with Crippen molar-refractivity contribution in [2.45, 2.75) is 20.4 Å². The minimum absolute atomic E-state index is 0.0188. The first-order chi connectivity index (χ1) is 14.5. The molecule has 0 saturated carbocycles. The van der Waals surface area contributed by atoms with E-state index in [0.29, 0.717) is 12.2 Å². The molecule has 0 spiro atoms. The van der Waals surface area contributed by atoms with Crippen molar-refractivity contribution in [1.29, 1.82) is 0 Å². The van der Waals surface area contributed by atoms with Gasteiger partial charge in [0.15, 0.2) is 0 Å². The average Bonchev–Trinajstić information content (AvgIpc) is 2.73. The molecule has 0 aliphatic rings. The lowest BCUT2D eigenvalue weighted by molar-refractivity contribution is 0.483. The first-order valence-electron chi connectivity index (χ1n) is 9.89. The van der Waals surface area contributed by atoms with Gasteiger partial charge in [-0.2, -0.15) is 0 Å². The van der Waals surface area contributed by atoms with Gasteiger partial charge in [-0.05, 0) is 85.1 Å². The van der Waals surface area contributed by atoms with Gasteiger partial charge in [-0.25, -0.2) is 0 Å². The number of hydrogen-bond acceptors (Lipinski definition) is 3. The Kier molecular flexibility index (Phi) is 5.40. The van der Waals surface area contributed by atoms with Crippen LogP contribution < -0.4 is 16.0 Å². The molecule has 4 heteroatoms. The topological polar surface area (TPSA) is 57.2 Å². The fourth-order valence-corrected chi connectivity index (χ4v) is 3.49. The zero-order valence-corrected chi connectivity index (χ0v) is 17.1. The summed E-state index contributed by atoms with van der Waals surface area (Å²) in [7, 11) is 0. The third-order valence-electron chi connectivity index (χ3n) is 5.14. The Bertz CT molecular complexity index is 1220. The molecule has 1 heterocycles. The summed E-state index contributed by atoms with van der Waals surface area (Å²) in [6, 6.07) is 26.7. The quantitative estimate of drug-likeness (QED) is 0.450. The van der Waals surface area contributed by atoms with E-state index in [0.717, 1.165) is 28.3 Å². The molecule has 0 aliphatic heterocycles. The van der Waals surface area contributed by atoms with E-state index in [4.69, 9.17) is 10.5 Å². The summed E-state index contributed by atoms with van der Waals surface area (Å²) in [5, 5.41) is 0. The van der Waals surface area contributed by atoms with Gasteiger partial charge in [-0.15, -0.1) is 0 Å². The second kappa shape index (κ2) is 8.29. The second-order valence-corrected chi connectivity index (χ2v) is 7.46. The van der Waals surface area contributed by atoms with Crippen LogP contribution in [0.5, 0.6) is 11.5 Å². The average molecular weight is 396 g/mol. The van der Waals surface area contributed by atoms with Crippen LogP contribution in [0.4, 0.5) is 5.69 Å². The van der Waals surface area contributed by atoms with Crippen molar-refractivity contribution in [2.75, 3.05) is 5.73 Å². The SMILES string of the molecule is Cc1ccc(Cn2c(-c3ccc(Oc4ccc(N)cc4)cc3)cccc2=O)c(C)c1. The molecule has 0 amide bonds. The molecule has 0 bridgehead atoms. The van der Waals surface area contributed by atoms with Crippen LogP contribution in [0.3, 0.4) is 0 Å². The highest BCUT2D eigenvalue weighted by molar-refractivity contribution is 5.61. The van der Waals surface area contributed by atoms with Crippen LogP contribution in [0.1, 0.15) is 16.7 Å². The van der Waals surface area contributed by atoms with Gasteiger partial charge in [0.05, 0.1) is 12.2 Å². The molecule has 2 N–H and O–H groups in total. The molecule has 4 aromatic rings. The first kappa shape index (κ1) is 19.5. The number of rotatable bonds is 5. The maximum atomic E-state index is 12.7. The predicted octanol–water partition coefficient (Wildman–Crippen LogP) is 5.55. The van der Waals surface area contributed by atoms with E-state index in [-0.39, 0.29) is 5.56 Å². The molecule has 0 aliphatic carbocycles. The van der Waals surface area contributed by atoms with Crippen LogP contribution in [0.15, 0.2) is 89.7 Å². The maximum Gasteiger partial charge on any atom is 0.251 e. The first-order valence-corrected chi connectivity index (χ1v) is 9.89. The van der Waals surface area contributed by atoms with E-state index in [9.17, 15) is 4.79 Å². The van der Waals surface area contributed by atoms with E-state index >= 15 is 0 Å². The van der Waals surface area contributed by atoms with Gasteiger partial charge in [0.25, 0.3) is 5.56 Å². The molecule has 30 heavy (non-hydrogen) atoms. The molecule has 4 rings (SSSR count). The van der Waals surface area contributed by atoms with Crippen LogP contribution in [0.25, 0.3) is 11.3 Å². The van der Waals surface area contributed by atoms with Crippen LogP contribution in [0.2, 0.25) is 0 Å². The zero-order valence-electron chi connectivity index (χ0n) is 17.1. The Labute approximate surface area is 176 Å². The number of aromatic nitrogens is 1. The Morgan fingerprint density at radius 2 is 1.50 bits per heavy atom. The van der Waals surface area contributed by atoms with Gasteiger partial charge in [0.1, 0.15) is 11.5 Å². The number of ether oxygens (including phenoxy) is 1. The molecule has 150 valence electrons. The number of anilines is 1. The van der Waals surface area contributed by atoms with E-state index in [2.05, 4.69) is 32.0 Å². The summed E-state index contributed by atoms with van der Waals surface area (Å²) in [5.74, 6) is 1.45. The number of pyridine rings is 1. The molecule has 0 fully saturated rings. The van der Waals surface area contributed by atoms with E-state index in [1.807, 2.05) is 47.0 Å². The summed E-state index contributed by atoms with van der Waals surface area (Å²) < 4.78 is 7.69. The number of nitrogens with zero attached hydrogens (tertiary/aromatic N) is 1. The number of nitrogen functional groups attached to an aromatic ring is 1. The summed E-state index contributed by atoms with van der Waals surface area (Å²) in [5.41, 5.74) is 11.8. The third kappa shape index (κ3) is 4.28. The molecular weight excluding hydrogens is 372 g/mol. The standard InChI is InChI=1S/C26H24N2O2/c1-18-6-7-21(19(2)16-18)17-28-25(4-3-5-26(28)29)20-8-12-23(13-9-20)30-24-14-10-22(27)11-15-24/h3-16H,17,27H2,1-2H3. The molecular formula is C26H24N2O2. The smallest absolute Gasteiger partial charge is 0.251 e. The highest BCUT2D eigenvalue weighted by Gasteiger charge is 2.09. The van der Waals surface area contributed by atoms with Gasteiger partial charge in [0, 0.05) is 11.8 Å². The Balaban J connectivity index is 1.63. The largest absolute Gasteiger partial charge is 0.457 e. The fourth-order valence-electron chi connectivity index (χ4n) is 3.49. The summed E-state index contributed by atoms with van der Waals surface area (Å²) in [6.07, 6.45) is 0. The van der Waals surface area contributed by atoms with Crippen molar-refractivity contribution in [2.24, 2.45) is 0 Å². The van der Waals surface area contributed by atoms with Gasteiger partial charge < -0.3 is 15.0 Å². The predicted molar refractivity (Wildman–Crippen MR) is 122 cm³/mol. The Hall–Kier alpha value is -3.79. The van der Waals surface area contributed by atoms with Crippen molar-refractivity contribution < 1.29 is 4.74 Å². The number of aryl methyl sites for hydroxylation is 2. The lowest BCUT2D eigenvalue weighted by Crippen LogP contribution is -2.21. The molecule has 0 saturated heterocycles.